The van der Waals surface area contributed by atoms with Crippen molar-refractivity contribution in [2.45, 2.75) is 19.3 Å². The maximum atomic E-state index is 12.6. The van der Waals surface area contributed by atoms with Crippen molar-refractivity contribution in [3.63, 3.8) is 0 Å². The monoisotopic (exact) mass is 422 g/mol. The van der Waals surface area contributed by atoms with Crippen molar-refractivity contribution >= 4 is 28.9 Å². The number of carbonyl (C=O) groups excluding carboxylic acids is 2. The summed E-state index contributed by atoms with van der Waals surface area (Å²) < 4.78 is 5.12. The van der Waals surface area contributed by atoms with Crippen LogP contribution in [0.4, 0.5) is 17.1 Å². The number of hydrogen-bond donors (Lipinski definition) is 0. The highest BCUT2D eigenvalue weighted by molar-refractivity contribution is 5.97. The van der Waals surface area contributed by atoms with E-state index in [4.69, 9.17) is 10.00 Å². The van der Waals surface area contributed by atoms with Crippen molar-refractivity contribution < 1.29 is 19.2 Å². The lowest BCUT2D eigenvalue weighted by molar-refractivity contribution is -0.384. The Morgan fingerprint density at radius 2 is 1.87 bits per heavy atom. The first-order chi connectivity index (χ1) is 15.0. The number of carbonyl (C=O) groups is 2. The molecule has 0 bridgehead atoms. The van der Waals surface area contributed by atoms with E-state index in [0.717, 1.165) is 25.9 Å². The number of esters is 1. The summed E-state index contributed by atoms with van der Waals surface area (Å²) >= 11 is 0. The zero-order valence-electron chi connectivity index (χ0n) is 16.9. The topological polar surface area (TPSA) is 117 Å². The lowest BCUT2D eigenvalue weighted by atomic mass is 10.1. The van der Waals surface area contributed by atoms with Gasteiger partial charge in [0.2, 0.25) is 0 Å². The molecule has 2 aromatic rings. The van der Waals surface area contributed by atoms with Crippen molar-refractivity contribution in [1.82, 2.24) is 0 Å². The van der Waals surface area contributed by atoms with Crippen molar-refractivity contribution in [3.8, 4) is 6.07 Å². The molecule has 1 saturated heterocycles. The van der Waals surface area contributed by atoms with Gasteiger partial charge in [-0.25, -0.2) is 4.79 Å². The summed E-state index contributed by atoms with van der Waals surface area (Å²) in [7, 11) is 0. The number of anilines is 2. The fourth-order valence-corrected chi connectivity index (χ4v) is 3.48. The Hall–Kier alpha value is -3.93. The molecule has 0 saturated carbocycles. The highest BCUT2D eigenvalue weighted by Gasteiger charge is 2.25. The van der Waals surface area contributed by atoms with Gasteiger partial charge in [-0.15, -0.1) is 0 Å². The summed E-state index contributed by atoms with van der Waals surface area (Å²) in [6.07, 6.45) is 2.05. The minimum atomic E-state index is -0.822. The Morgan fingerprint density at radius 1 is 1.16 bits per heavy atom. The van der Waals surface area contributed by atoms with Gasteiger partial charge in [-0.1, -0.05) is 18.2 Å². The summed E-state index contributed by atoms with van der Waals surface area (Å²) in [5.41, 5.74) is 0.902. The van der Waals surface area contributed by atoms with Crippen molar-refractivity contribution in [2.24, 2.45) is 0 Å². The Bertz CT molecular complexity index is 997. The number of ether oxygens (including phenoxy) is 1. The number of para-hydroxylation sites is 1. The van der Waals surface area contributed by atoms with Gasteiger partial charge < -0.3 is 14.5 Å². The van der Waals surface area contributed by atoms with Crippen LogP contribution in [-0.4, -0.2) is 43.0 Å². The first-order valence-corrected chi connectivity index (χ1v) is 9.94. The molecular weight excluding hydrogens is 400 g/mol. The Kier molecular flexibility index (Phi) is 7.17. The third kappa shape index (κ3) is 5.36. The van der Waals surface area contributed by atoms with Gasteiger partial charge in [0, 0.05) is 31.4 Å². The van der Waals surface area contributed by atoms with Crippen LogP contribution in [0.25, 0.3) is 0 Å². The maximum absolute atomic E-state index is 12.6. The summed E-state index contributed by atoms with van der Waals surface area (Å²) in [5.74, 6) is -1.31. The van der Waals surface area contributed by atoms with Crippen LogP contribution in [0.15, 0.2) is 48.5 Å². The number of hydrogen-bond acceptors (Lipinski definition) is 7. The molecule has 0 radical (unpaired) electrons. The smallest absolute Gasteiger partial charge is 0.338 e. The first kappa shape index (κ1) is 21.8. The van der Waals surface area contributed by atoms with E-state index in [1.165, 1.54) is 17.0 Å². The molecule has 9 heteroatoms. The second kappa shape index (κ2) is 10.2. The first-order valence-electron chi connectivity index (χ1n) is 9.94. The minimum Gasteiger partial charge on any atom is -0.452 e. The number of amides is 1. The van der Waals surface area contributed by atoms with Gasteiger partial charge in [-0.3, -0.25) is 14.9 Å². The third-order valence-corrected chi connectivity index (χ3v) is 5.00. The van der Waals surface area contributed by atoms with Gasteiger partial charge in [-0.05, 0) is 37.1 Å². The van der Waals surface area contributed by atoms with Crippen LogP contribution in [0.1, 0.15) is 29.6 Å². The average molecular weight is 422 g/mol. The number of benzene rings is 2. The minimum absolute atomic E-state index is 0.00531. The molecule has 9 nitrogen and oxygen atoms in total. The van der Waals surface area contributed by atoms with E-state index < -0.39 is 23.4 Å². The SMILES string of the molecule is N#CCCN(C(=O)COC(=O)c1ccc(N2CCCC2)c([N+](=O)[O-])c1)c1ccccc1. The van der Waals surface area contributed by atoms with Gasteiger partial charge in [0.1, 0.15) is 5.69 Å². The van der Waals surface area contributed by atoms with Crippen LogP contribution >= 0.6 is 0 Å². The molecule has 1 aliphatic rings. The van der Waals surface area contributed by atoms with Crippen LogP contribution in [-0.2, 0) is 9.53 Å². The second-order valence-electron chi connectivity index (χ2n) is 7.02. The molecule has 160 valence electrons. The summed E-state index contributed by atoms with van der Waals surface area (Å²) in [5, 5.41) is 20.4. The van der Waals surface area contributed by atoms with E-state index in [1.807, 2.05) is 11.0 Å². The standard InChI is InChI=1S/C22H22N4O5/c23-11-6-14-25(18-7-2-1-3-8-18)21(27)16-31-22(28)17-9-10-19(20(15-17)26(29)30)24-12-4-5-13-24/h1-3,7-10,15H,4-6,12-14,16H2. The van der Waals surface area contributed by atoms with E-state index >= 15 is 0 Å². The van der Waals surface area contributed by atoms with E-state index in [2.05, 4.69) is 0 Å². The molecule has 0 spiro atoms. The molecule has 3 rings (SSSR count). The summed E-state index contributed by atoms with van der Waals surface area (Å²) in [4.78, 5) is 39.3. The van der Waals surface area contributed by atoms with Gasteiger partial charge in [0.05, 0.1) is 23.0 Å². The number of nitro groups is 1. The number of rotatable bonds is 8. The Balaban J connectivity index is 1.70. The zero-order chi connectivity index (χ0) is 22.2. The summed E-state index contributed by atoms with van der Waals surface area (Å²) in [6.45, 7) is 1.09. The maximum Gasteiger partial charge on any atom is 0.338 e. The fourth-order valence-electron chi connectivity index (χ4n) is 3.48. The Labute approximate surface area is 179 Å². The van der Waals surface area contributed by atoms with Crippen LogP contribution in [0.2, 0.25) is 0 Å². The average Bonchev–Trinajstić information content (AvgIpc) is 3.32. The number of nitriles is 1. The van der Waals surface area contributed by atoms with Crippen LogP contribution in [0, 0.1) is 21.4 Å². The third-order valence-electron chi connectivity index (χ3n) is 5.00. The predicted molar refractivity (Wildman–Crippen MR) is 114 cm³/mol. The molecule has 1 fully saturated rings. The van der Waals surface area contributed by atoms with Crippen molar-refractivity contribution in [1.29, 1.82) is 5.26 Å². The van der Waals surface area contributed by atoms with Gasteiger partial charge >= 0.3 is 5.97 Å². The highest BCUT2D eigenvalue weighted by Crippen LogP contribution is 2.31. The Morgan fingerprint density at radius 3 is 2.52 bits per heavy atom. The molecule has 0 aliphatic carbocycles. The van der Waals surface area contributed by atoms with Crippen LogP contribution < -0.4 is 9.80 Å². The predicted octanol–water partition coefficient (Wildman–Crippen LogP) is 3.30. The lowest BCUT2D eigenvalue weighted by Crippen LogP contribution is -2.35. The van der Waals surface area contributed by atoms with E-state index in [1.54, 1.807) is 36.4 Å². The molecule has 1 aliphatic heterocycles. The highest BCUT2D eigenvalue weighted by atomic mass is 16.6. The quantitative estimate of drug-likeness (QED) is 0.364. The molecule has 1 amide bonds. The molecule has 0 aromatic heterocycles. The van der Waals surface area contributed by atoms with Crippen molar-refractivity contribution in [3.05, 3.63) is 64.2 Å². The van der Waals surface area contributed by atoms with Gasteiger partial charge in [0.25, 0.3) is 11.6 Å². The van der Waals surface area contributed by atoms with Crippen molar-refractivity contribution in [2.75, 3.05) is 36.0 Å². The molecule has 0 unspecified atom stereocenters. The zero-order valence-corrected chi connectivity index (χ0v) is 16.9. The number of nitro benzene ring substituents is 1. The van der Waals surface area contributed by atoms with E-state index in [9.17, 15) is 19.7 Å². The molecule has 1 heterocycles. The van der Waals surface area contributed by atoms with E-state index in [-0.39, 0.29) is 24.2 Å². The van der Waals surface area contributed by atoms with Crippen LogP contribution in [0.3, 0.4) is 0 Å². The van der Waals surface area contributed by atoms with Gasteiger partial charge in [-0.2, -0.15) is 5.26 Å². The largest absolute Gasteiger partial charge is 0.452 e. The molecule has 2 aromatic carbocycles. The summed E-state index contributed by atoms with van der Waals surface area (Å²) in [6, 6.07) is 15.0. The van der Waals surface area contributed by atoms with Crippen LogP contribution in [0.5, 0.6) is 0 Å². The lowest BCUT2D eigenvalue weighted by Gasteiger charge is -2.21. The second-order valence-corrected chi connectivity index (χ2v) is 7.02. The normalized spacial score (nSPS) is 12.8. The van der Waals surface area contributed by atoms with Gasteiger partial charge in [0.15, 0.2) is 6.61 Å². The molecule has 0 atom stereocenters. The number of nitrogens with zero attached hydrogens (tertiary/aromatic N) is 4. The molecular formula is C22H22N4O5. The molecule has 31 heavy (non-hydrogen) atoms. The fraction of sp³-hybridized carbons (Fsp3) is 0.318. The molecule has 0 N–H and O–H groups in total. The van der Waals surface area contributed by atoms with E-state index in [0.29, 0.717) is 11.4 Å².